The molecule has 1 aromatic rings. The molecule has 0 amide bonds. The van der Waals surface area contributed by atoms with Gasteiger partial charge in [-0.25, -0.2) is 0 Å². The van der Waals surface area contributed by atoms with Crippen molar-refractivity contribution in [3.63, 3.8) is 0 Å². The lowest BCUT2D eigenvalue weighted by Gasteiger charge is -2.10. The van der Waals surface area contributed by atoms with Crippen LogP contribution in [0.5, 0.6) is 0 Å². The third-order valence-corrected chi connectivity index (χ3v) is 2.81. The van der Waals surface area contributed by atoms with Gasteiger partial charge in [0.15, 0.2) is 0 Å². The van der Waals surface area contributed by atoms with Gasteiger partial charge in [-0.2, -0.15) is 0 Å². The molecule has 0 saturated carbocycles. The molecule has 0 fully saturated rings. The molecule has 1 rings (SSSR count). The Morgan fingerprint density at radius 2 is 2.15 bits per heavy atom. The quantitative estimate of drug-likeness (QED) is 0.869. The lowest BCUT2D eigenvalue weighted by atomic mass is 10.0. The van der Waals surface area contributed by atoms with Gasteiger partial charge in [-0.15, -0.1) is 0 Å². The third kappa shape index (κ3) is 2.97. The van der Waals surface area contributed by atoms with Crippen molar-refractivity contribution in [3.8, 4) is 0 Å². The topological polar surface area (TPSA) is 26.0 Å². The fraction of sp³-hybridized carbons (Fsp3) is 0.400. The van der Waals surface area contributed by atoms with Crippen LogP contribution in [0.2, 0.25) is 5.02 Å². The number of hydrogen-bond acceptors (Lipinski definition) is 1. The molecule has 13 heavy (non-hydrogen) atoms. The monoisotopic (exact) mass is 261 g/mol. The Morgan fingerprint density at radius 1 is 1.54 bits per heavy atom. The minimum Gasteiger partial charge on any atom is -0.328 e. The Balaban J connectivity index is 3.05. The molecule has 1 aromatic carbocycles. The predicted molar refractivity (Wildman–Crippen MR) is 61.2 cm³/mol. The summed E-state index contributed by atoms with van der Waals surface area (Å²) >= 11 is 9.44. The summed E-state index contributed by atoms with van der Waals surface area (Å²) in [5, 5.41) is 0.796. The highest BCUT2D eigenvalue weighted by molar-refractivity contribution is 9.10. The van der Waals surface area contributed by atoms with E-state index in [0.717, 1.165) is 21.5 Å². The molecule has 1 atom stereocenters. The van der Waals surface area contributed by atoms with Crippen LogP contribution in [0.1, 0.15) is 18.1 Å². The number of rotatable bonds is 2. The maximum atomic E-state index is 6.03. The van der Waals surface area contributed by atoms with Crippen molar-refractivity contribution in [2.24, 2.45) is 5.73 Å². The van der Waals surface area contributed by atoms with Gasteiger partial charge in [0.05, 0.1) is 0 Å². The van der Waals surface area contributed by atoms with E-state index < -0.39 is 0 Å². The average molecular weight is 263 g/mol. The molecule has 0 saturated heterocycles. The second-order valence-corrected chi connectivity index (χ2v) is 4.68. The van der Waals surface area contributed by atoms with E-state index in [2.05, 4.69) is 22.0 Å². The Hall–Kier alpha value is -0.0500. The summed E-state index contributed by atoms with van der Waals surface area (Å²) < 4.78 is 1.01. The SMILES string of the molecule is Cc1c(Cl)cc(Br)cc1CC(C)N. The lowest BCUT2D eigenvalue weighted by molar-refractivity contribution is 0.734. The summed E-state index contributed by atoms with van der Waals surface area (Å²) in [4.78, 5) is 0. The van der Waals surface area contributed by atoms with Crippen molar-refractivity contribution in [1.29, 1.82) is 0 Å². The van der Waals surface area contributed by atoms with E-state index in [4.69, 9.17) is 17.3 Å². The summed E-state index contributed by atoms with van der Waals surface area (Å²) in [5.41, 5.74) is 8.08. The maximum absolute atomic E-state index is 6.03. The van der Waals surface area contributed by atoms with Crippen LogP contribution in [-0.2, 0) is 6.42 Å². The van der Waals surface area contributed by atoms with Crippen molar-refractivity contribution in [3.05, 3.63) is 32.8 Å². The molecule has 0 bridgehead atoms. The van der Waals surface area contributed by atoms with Crippen LogP contribution in [0.4, 0.5) is 0 Å². The van der Waals surface area contributed by atoms with Crippen LogP contribution in [-0.4, -0.2) is 6.04 Å². The molecule has 0 aromatic heterocycles. The Morgan fingerprint density at radius 3 is 2.69 bits per heavy atom. The van der Waals surface area contributed by atoms with Gasteiger partial charge in [0, 0.05) is 15.5 Å². The fourth-order valence-corrected chi connectivity index (χ4v) is 2.13. The van der Waals surface area contributed by atoms with E-state index in [-0.39, 0.29) is 6.04 Å². The molecular formula is C10H13BrClN. The summed E-state index contributed by atoms with van der Waals surface area (Å²) in [7, 11) is 0. The summed E-state index contributed by atoms with van der Waals surface area (Å²) in [6.07, 6.45) is 0.866. The van der Waals surface area contributed by atoms with Gasteiger partial charge in [0.2, 0.25) is 0 Å². The Labute approximate surface area is 92.4 Å². The molecular weight excluding hydrogens is 249 g/mol. The van der Waals surface area contributed by atoms with E-state index in [9.17, 15) is 0 Å². The highest BCUT2D eigenvalue weighted by Gasteiger charge is 2.06. The van der Waals surface area contributed by atoms with Crippen molar-refractivity contribution in [2.45, 2.75) is 26.3 Å². The summed E-state index contributed by atoms with van der Waals surface area (Å²) in [5.74, 6) is 0. The maximum Gasteiger partial charge on any atom is 0.0449 e. The molecule has 1 unspecified atom stereocenters. The molecule has 0 heterocycles. The zero-order valence-electron chi connectivity index (χ0n) is 7.77. The molecule has 0 aliphatic carbocycles. The van der Waals surface area contributed by atoms with Crippen LogP contribution in [0.25, 0.3) is 0 Å². The average Bonchev–Trinajstić information content (AvgIpc) is 1.98. The third-order valence-electron chi connectivity index (χ3n) is 1.96. The van der Waals surface area contributed by atoms with Gasteiger partial charge >= 0.3 is 0 Å². The van der Waals surface area contributed by atoms with E-state index in [1.807, 2.05) is 19.9 Å². The zero-order chi connectivity index (χ0) is 10.0. The minimum absolute atomic E-state index is 0.170. The molecule has 2 N–H and O–H groups in total. The Bertz CT molecular complexity index is 310. The molecule has 3 heteroatoms. The number of benzene rings is 1. The van der Waals surface area contributed by atoms with Gasteiger partial charge in [-0.1, -0.05) is 27.5 Å². The largest absolute Gasteiger partial charge is 0.328 e. The molecule has 1 nitrogen and oxygen atoms in total. The van der Waals surface area contributed by atoms with Crippen molar-refractivity contribution < 1.29 is 0 Å². The van der Waals surface area contributed by atoms with Gasteiger partial charge < -0.3 is 5.73 Å². The summed E-state index contributed by atoms with van der Waals surface area (Å²) in [6, 6.07) is 4.15. The van der Waals surface area contributed by atoms with Gasteiger partial charge in [-0.3, -0.25) is 0 Å². The van der Waals surface area contributed by atoms with Crippen molar-refractivity contribution in [2.75, 3.05) is 0 Å². The predicted octanol–water partition coefficient (Wildman–Crippen LogP) is 3.30. The first-order chi connectivity index (χ1) is 6.00. The van der Waals surface area contributed by atoms with Crippen LogP contribution < -0.4 is 5.73 Å². The van der Waals surface area contributed by atoms with Crippen molar-refractivity contribution in [1.82, 2.24) is 0 Å². The highest BCUT2D eigenvalue weighted by atomic mass is 79.9. The van der Waals surface area contributed by atoms with E-state index in [1.54, 1.807) is 0 Å². The first-order valence-electron chi connectivity index (χ1n) is 4.21. The van der Waals surface area contributed by atoms with Crippen LogP contribution >= 0.6 is 27.5 Å². The number of halogens is 2. The van der Waals surface area contributed by atoms with Gasteiger partial charge in [-0.05, 0) is 43.5 Å². The first-order valence-corrected chi connectivity index (χ1v) is 5.38. The van der Waals surface area contributed by atoms with Crippen LogP contribution in [0, 0.1) is 6.92 Å². The van der Waals surface area contributed by atoms with E-state index in [0.29, 0.717) is 0 Å². The smallest absolute Gasteiger partial charge is 0.0449 e. The number of nitrogens with two attached hydrogens (primary N) is 1. The highest BCUT2D eigenvalue weighted by Crippen LogP contribution is 2.25. The standard InChI is InChI=1S/C10H13BrClN/c1-6(13)3-8-4-9(11)5-10(12)7(8)2/h4-6H,3,13H2,1-2H3. The minimum atomic E-state index is 0.170. The summed E-state index contributed by atoms with van der Waals surface area (Å²) in [6.45, 7) is 4.01. The molecule has 0 aliphatic rings. The first kappa shape index (κ1) is 11.0. The second kappa shape index (κ2) is 4.45. The molecule has 0 spiro atoms. The van der Waals surface area contributed by atoms with Gasteiger partial charge in [0.1, 0.15) is 0 Å². The molecule has 0 aliphatic heterocycles. The van der Waals surface area contributed by atoms with Crippen LogP contribution in [0.15, 0.2) is 16.6 Å². The zero-order valence-corrected chi connectivity index (χ0v) is 10.1. The van der Waals surface area contributed by atoms with E-state index >= 15 is 0 Å². The van der Waals surface area contributed by atoms with Crippen LogP contribution in [0.3, 0.4) is 0 Å². The molecule has 0 radical (unpaired) electrons. The van der Waals surface area contributed by atoms with E-state index in [1.165, 1.54) is 5.56 Å². The second-order valence-electron chi connectivity index (χ2n) is 3.35. The normalized spacial score (nSPS) is 13.0. The van der Waals surface area contributed by atoms with Gasteiger partial charge in [0.25, 0.3) is 0 Å². The fourth-order valence-electron chi connectivity index (χ4n) is 1.26. The Kier molecular flexibility index (Phi) is 3.77. The number of hydrogen-bond donors (Lipinski definition) is 1. The molecule has 72 valence electrons. The van der Waals surface area contributed by atoms with Crippen molar-refractivity contribution >= 4 is 27.5 Å². The lowest BCUT2D eigenvalue weighted by Crippen LogP contribution is -2.18.